The second-order valence-electron chi connectivity index (χ2n) is 9.42. The minimum absolute atomic E-state index is 0.0317. The van der Waals surface area contributed by atoms with Crippen LogP contribution in [0.5, 0.6) is 5.75 Å². The third kappa shape index (κ3) is 5.96. The molecule has 8 nitrogen and oxygen atoms in total. The average molecular weight is 516 g/mol. The molecule has 1 fully saturated rings. The number of hydrogen-bond acceptors (Lipinski definition) is 6. The number of hydrogen-bond donors (Lipinski definition) is 3. The number of anilines is 1. The van der Waals surface area contributed by atoms with Crippen LogP contribution >= 0.6 is 11.6 Å². The number of amides is 1. The first-order valence-corrected chi connectivity index (χ1v) is 12.5. The van der Waals surface area contributed by atoms with Gasteiger partial charge in [0.2, 0.25) is 5.91 Å². The van der Waals surface area contributed by atoms with Crippen molar-refractivity contribution in [2.45, 2.75) is 31.2 Å². The third-order valence-electron chi connectivity index (χ3n) is 6.96. The lowest BCUT2D eigenvalue weighted by atomic mass is 9.87. The monoisotopic (exact) mass is 515 g/mol. The molecule has 0 saturated carbocycles. The van der Waals surface area contributed by atoms with Crippen LogP contribution in [-0.2, 0) is 11.8 Å². The number of aryl methyl sites for hydroxylation is 1. The van der Waals surface area contributed by atoms with Crippen LogP contribution in [0.3, 0.4) is 0 Å². The lowest BCUT2D eigenvalue weighted by Gasteiger charge is -2.22. The fraction of sp³-hybridized carbons (Fsp3) is 0.423. The van der Waals surface area contributed by atoms with Crippen molar-refractivity contribution < 1.29 is 14.3 Å². The Labute approximate surface area is 214 Å². The van der Waals surface area contributed by atoms with Gasteiger partial charge in [-0.2, -0.15) is 5.10 Å². The number of rotatable bonds is 8. The zero-order valence-corrected chi connectivity index (χ0v) is 20.9. The Morgan fingerprint density at radius 3 is 2.83 bits per heavy atom. The first-order chi connectivity index (χ1) is 17.2. The van der Waals surface area contributed by atoms with Crippen LogP contribution in [0.25, 0.3) is 0 Å². The number of nitrogens with one attached hydrogen (secondary N) is 1. The molecule has 192 valence electrons. The zero-order valence-electron chi connectivity index (χ0n) is 20.1. The number of carbonyl (C=O) groups is 1. The second-order valence-corrected chi connectivity index (χ2v) is 9.86. The Balaban J connectivity index is 1.42. The van der Waals surface area contributed by atoms with Crippen LogP contribution in [0.1, 0.15) is 30.7 Å². The van der Waals surface area contributed by atoms with Gasteiger partial charge < -0.3 is 21.1 Å². The van der Waals surface area contributed by atoms with Crippen molar-refractivity contribution in [3.8, 4) is 5.75 Å². The topological polar surface area (TPSA) is 113 Å². The molecule has 2 unspecified atom stereocenters. The van der Waals surface area contributed by atoms with E-state index in [9.17, 15) is 19.1 Å². The van der Waals surface area contributed by atoms with E-state index in [0.29, 0.717) is 37.4 Å². The number of nitrogens with two attached hydrogens (primary N) is 1. The van der Waals surface area contributed by atoms with Crippen molar-refractivity contribution in [1.29, 1.82) is 0 Å². The Morgan fingerprint density at radius 2 is 2.14 bits per heavy atom. The number of benzene rings is 1. The highest BCUT2D eigenvalue weighted by molar-refractivity contribution is 6.31. The van der Waals surface area contributed by atoms with E-state index >= 15 is 0 Å². The molecule has 0 spiro atoms. The first kappa shape index (κ1) is 25.9. The van der Waals surface area contributed by atoms with Crippen LogP contribution in [0.2, 0.25) is 0 Å². The number of phenols is 1. The molecule has 4 N–H and O–H groups in total. The molecule has 1 saturated heterocycles. The van der Waals surface area contributed by atoms with Gasteiger partial charge in [-0.15, -0.1) is 0 Å². The van der Waals surface area contributed by atoms with Gasteiger partial charge in [-0.05, 0) is 49.0 Å². The summed E-state index contributed by atoms with van der Waals surface area (Å²) in [4.78, 5) is 26.9. The molecule has 1 amide bonds. The fourth-order valence-electron chi connectivity index (χ4n) is 4.87. The maximum Gasteiger partial charge on any atom is 0.266 e. The molecule has 0 bridgehead atoms. The van der Waals surface area contributed by atoms with Crippen LogP contribution < -0.4 is 21.5 Å². The standard InChI is InChI=1S/C26H31ClFN5O3/c1-32-25(35)11-10-24(31-32)33-14-20(19-9-8-18(34)13-22(19)28)21(15-33)26(36)30-12-2-3-23(29)16-4-6-17(27)7-5-16/h4,6-11,13,16,20-21,23,34H,2-3,5,12,14-15,29H2,1H3,(H,30,36)/t16?,20-,21?,23-/m0/s1. The zero-order chi connectivity index (χ0) is 25.8. The van der Waals surface area contributed by atoms with E-state index in [2.05, 4.69) is 10.4 Å². The number of phenolic OH excluding ortho intramolecular Hbond substituents is 1. The maximum absolute atomic E-state index is 14.8. The van der Waals surface area contributed by atoms with Crippen molar-refractivity contribution in [1.82, 2.24) is 15.1 Å². The summed E-state index contributed by atoms with van der Waals surface area (Å²) in [5.41, 5.74) is 6.45. The van der Waals surface area contributed by atoms with Crippen LogP contribution in [0, 0.1) is 17.7 Å². The van der Waals surface area contributed by atoms with Gasteiger partial charge in [0.15, 0.2) is 0 Å². The fourth-order valence-corrected chi connectivity index (χ4v) is 5.03. The molecular formula is C26H31ClFN5O3. The normalized spacial score (nSPS) is 22.4. The van der Waals surface area contributed by atoms with E-state index in [1.165, 1.54) is 22.9 Å². The number of halogens is 2. The molecule has 2 aliphatic rings. The summed E-state index contributed by atoms with van der Waals surface area (Å²) in [6, 6.07) is 6.99. The van der Waals surface area contributed by atoms with Crippen molar-refractivity contribution in [3.63, 3.8) is 0 Å². The molecule has 4 rings (SSSR count). The summed E-state index contributed by atoms with van der Waals surface area (Å²) in [5, 5.41) is 17.7. The lowest BCUT2D eigenvalue weighted by molar-refractivity contribution is -0.124. The lowest BCUT2D eigenvalue weighted by Crippen LogP contribution is -2.36. The predicted octanol–water partition coefficient (Wildman–Crippen LogP) is 2.77. The van der Waals surface area contributed by atoms with Gasteiger partial charge in [-0.3, -0.25) is 9.59 Å². The summed E-state index contributed by atoms with van der Waals surface area (Å²) in [5.74, 6) is -1.13. The summed E-state index contributed by atoms with van der Waals surface area (Å²) >= 11 is 5.98. The molecule has 1 aliphatic carbocycles. The summed E-state index contributed by atoms with van der Waals surface area (Å²) in [6.45, 7) is 1.13. The van der Waals surface area contributed by atoms with E-state index in [-0.39, 0.29) is 29.2 Å². The minimum Gasteiger partial charge on any atom is -0.508 e. The van der Waals surface area contributed by atoms with Gasteiger partial charge in [0, 0.05) is 55.8 Å². The molecule has 4 atom stereocenters. The largest absolute Gasteiger partial charge is 0.508 e. The van der Waals surface area contributed by atoms with Crippen molar-refractivity contribution in [2.24, 2.45) is 24.6 Å². The second kappa shape index (κ2) is 11.3. The van der Waals surface area contributed by atoms with E-state index < -0.39 is 17.7 Å². The third-order valence-corrected chi connectivity index (χ3v) is 7.24. The summed E-state index contributed by atoms with van der Waals surface area (Å²) in [7, 11) is 1.56. The van der Waals surface area contributed by atoms with Crippen LogP contribution in [-0.4, -0.2) is 46.5 Å². The highest BCUT2D eigenvalue weighted by Crippen LogP contribution is 2.37. The summed E-state index contributed by atoms with van der Waals surface area (Å²) < 4.78 is 16.0. The molecular weight excluding hydrogens is 485 g/mol. The number of allylic oxidation sites excluding steroid dienone is 3. The van der Waals surface area contributed by atoms with Gasteiger partial charge in [0.05, 0.1) is 5.92 Å². The molecule has 1 aromatic heterocycles. The molecule has 1 aromatic carbocycles. The van der Waals surface area contributed by atoms with E-state index in [4.69, 9.17) is 17.3 Å². The van der Waals surface area contributed by atoms with Crippen LogP contribution in [0.15, 0.2) is 58.4 Å². The SMILES string of the molecule is Cn1nc(N2CC(C(=O)NCCC[C@H](N)C3C=CC(Cl)=CC3)[C@H](c3ccc(O)cc3F)C2)ccc1=O. The molecule has 2 heterocycles. The van der Waals surface area contributed by atoms with E-state index in [1.807, 2.05) is 23.1 Å². The molecule has 10 heteroatoms. The van der Waals surface area contributed by atoms with Gasteiger partial charge in [0.25, 0.3) is 5.56 Å². The Bertz CT molecular complexity index is 1230. The smallest absolute Gasteiger partial charge is 0.266 e. The number of carbonyl (C=O) groups excluding carboxylic acids is 1. The van der Waals surface area contributed by atoms with Crippen molar-refractivity contribution >= 4 is 23.3 Å². The Hall–Kier alpha value is -3.17. The number of aromatic hydroxyl groups is 1. The van der Waals surface area contributed by atoms with Crippen molar-refractivity contribution in [3.05, 3.63) is 75.3 Å². The van der Waals surface area contributed by atoms with Gasteiger partial charge in [0.1, 0.15) is 17.4 Å². The Kier molecular flexibility index (Phi) is 8.11. The van der Waals surface area contributed by atoms with E-state index in [0.717, 1.165) is 23.9 Å². The molecule has 0 radical (unpaired) electrons. The van der Waals surface area contributed by atoms with E-state index in [1.54, 1.807) is 13.1 Å². The van der Waals surface area contributed by atoms with Crippen molar-refractivity contribution in [2.75, 3.05) is 24.5 Å². The quantitative estimate of drug-likeness (QED) is 0.466. The van der Waals surface area contributed by atoms with Gasteiger partial charge in [-0.1, -0.05) is 29.8 Å². The molecule has 2 aromatic rings. The van der Waals surface area contributed by atoms with Gasteiger partial charge in [-0.25, -0.2) is 9.07 Å². The van der Waals surface area contributed by atoms with Gasteiger partial charge >= 0.3 is 0 Å². The molecule has 1 aliphatic heterocycles. The highest BCUT2D eigenvalue weighted by Gasteiger charge is 2.40. The summed E-state index contributed by atoms with van der Waals surface area (Å²) in [6.07, 6.45) is 8.12. The highest BCUT2D eigenvalue weighted by atomic mass is 35.5. The predicted molar refractivity (Wildman–Crippen MR) is 137 cm³/mol. The minimum atomic E-state index is -0.561. The Morgan fingerprint density at radius 1 is 1.33 bits per heavy atom. The molecule has 36 heavy (non-hydrogen) atoms. The number of nitrogens with zero attached hydrogens (tertiary/aromatic N) is 3. The average Bonchev–Trinajstić information content (AvgIpc) is 3.29. The maximum atomic E-state index is 14.8. The first-order valence-electron chi connectivity index (χ1n) is 12.1. The van der Waals surface area contributed by atoms with Crippen LogP contribution in [0.4, 0.5) is 10.2 Å². The number of aromatic nitrogens is 2.